The van der Waals surface area contributed by atoms with Crippen molar-refractivity contribution in [2.24, 2.45) is 0 Å². The largest absolute Gasteiger partial charge is 0.481 e. The average molecular weight is 296 g/mol. The van der Waals surface area contributed by atoms with Gasteiger partial charge in [0.15, 0.2) is 0 Å². The first-order chi connectivity index (χ1) is 8.75. The predicted molar refractivity (Wildman–Crippen MR) is 66.6 cm³/mol. The molecule has 0 atom stereocenters. The Morgan fingerprint density at radius 3 is 2.53 bits per heavy atom. The number of nitrogens with zero attached hydrogens (tertiary/aromatic N) is 1. The minimum absolute atomic E-state index is 0.00892. The summed E-state index contributed by atoms with van der Waals surface area (Å²) in [6.07, 6.45) is -4.76. The topological polar surface area (TPSA) is 40.5 Å². The summed E-state index contributed by atoms with van der Waals surface area (Å²) in [5, 5.41) is 8.60. The van der Waals surface area contributed by atoms with Crippen molar-refractivity contribution < 1.29 is 23.1 Å². The SMILES string of the molecule is CCN(CCC(=O)O)c1ccc(Cl)cc1C(F)(F)F. The Bertz CT molecular complexity index is 463. The van der Waals surface area contributed by atoms with Gasteiger partial charge in [0.2, 0.25) is 0 Å². The number of benzene rings is 1. The van der Waals surface area contributed by atoms with Crippen LogP contribution in [0.4, 0.5) is 18.9 Å². The van der Waals surface area contributed by atoms with Gasteiger partial charge in [-0.25, -0.2) is 0 Å². The van der Waals surface area contributed by atoms with Crippen LogP contribution in [0.25, 0.3) is 0 Å². The zero-order chi connectivity index (χ0) is 14.6. The van der Waals surface area contributed by atoms with Crippen LogP contribution in [0, 0.1) is 0 Å². The molecule has 3 nitrogen and oxygen atoms in total. The van der Waals surface area contributed by atoms with Crippen LogP contribution < -0.4 is 4.90 Å². The Balaban J connectivity index is 3.12. The molecule has 0 aromatic heterocycles. The molecule has 19 heavy (non-hydrogen) atoms. The summed E-state index contributed by atoms with van der Waals surface area (Å²) in [4.78, 5) is 11.9. The normalized spacial score (nSPS) is 11.4. The molecule has 0 radical (unpaired) electrons. The van der Waals surface area contributed by atoms with Crippen LogP contribution in [0.15, 0.2) is 18.2 Å². The highest BCUT2D eigenvalue weighted by atomic mass is 35.5. The van der Waals surface area contributed by atoms with Gasteiger partial charge in [0.25, 0.3) is 0 Å². The Hall–Kier alpha value is -1.43. The van der Waals surface area contributed by atoms with E-state index >= 15 is 0 Å². The molecular formula is C12H13ClF3NO2. The number of aliphatic carboxylic acids is 1. The highest BCUT2D eigenvalue weighted by Gasteiger charge is 2.35. The van der Waals surface area contributed by atoms with Gasteiger partial charge in [-0.15, -0.1) is 0 Å². The zero-order valence-corrected chi connectivity index (χ0v) is 10.9. The third kappa shape index (κ3) is 4.31. The van der Waals surface area contributed by atoms with Gasteiger partial charge in [-0.2, -0.15) is 13.2 Å². The third-order valence-electron chi connectivity index (χ3n) is 2.58. The van der Waals surface area contributed by atoms with Gasteiger partial charge in [0, 0.05) is 23.8 Å². The Kier molecular flexibility index (Phi) is 5.05. The van der Waals surface area contributed by atoms with Crippen molar-refractivity contribution in [2.45, 2.75) is 19.5 Å². The van der Waals surface area contributed by atoms with Crippen LogP contribution in [-0.4, -0.2) is 24.2 Å². The fourth-order valence-corrected chi connectivity index (χ4v) is 1.86. The van der Waals surface area contributed by atoms with E-state index in [9.17, 15) is 18.0 Å². The summed E-state index contributed by atoms with van der Waals surface area (Å²) in [7, 11) is 0. The fraction of sp³-hybridized carbons (Fsp3) is 0.417. The molecule has 0 amide bonds. The predicted octanol–water partition coefficient (Wildman–Crippen LogP) is 3.66. The first-order valence-electron chi connectivity index (χ1n) is 5.59. The number of carboxylic acids is 1. The van der Waals surface area contributed by atoms with Crippen molar-refractivity contribution in [3.63, 3.8) is 0 Å². The minimum Gasteiger partial charge on any atom is -0.481 e. The van der Waals surface area contributed by atoms with Crippen molar-refractivity contribution in [3.8, 4) is 0 Å². The number of carbonyl (C=O) groups is 1. The number of hydrogen-bond donors (Lipinski definition) is 1. The molecule has 0 fully saturated rings. The standard InChI is InChI=1S/C12H13ClF3NO2/c1-2-17(6-5-11(18)19)10-4-3-8(13)7-9(10)12(14,15)16/h3-4,7H,2,5-6H2,1H3,(H,18,19). The first kappa shape index (κ1) is 15.6. The number of hydrogen-bond acceptors (Lipinski definition) is 2. The van der Waals surface area contributed by atoms with Crippen molar-refractivity contribution in [2.75, 3.05) is 18.0 Å². The van der Waals surface area contributed by atoms with E-state index < -0.39 is 17.7 Å². The van der Waals surface area contributed by atoms with Gasteiger partial charge >= 0.3 is 12.1 Å². The molecule has 1 N–H and O–H groups in total. The van der Waals surface area contributed by atoms with Gasteiger partial charge in [-0.3, -0.25) is 4.79 Å². The number of rotatable bonds is 5. The molecule has 1 aromatic rings. The maximum Gasteiger partial charge on any atom is 0.418 e. The van der Waals surface area contributed by atoms with Crippen LogP contribution in [0.1, 0.15) is 18.9 Å². The molecule has 1 rings (SSSR count). The third-order valence-corrected chi connectivity index (χ3v) is 2.82. The first-order valence-corrected chi connectivity index (χ1v) is 5.97. The van der Waals surface area contributed by atoms with Gasteiger partial charge < -0.3 is 10.0 Å². The van der Waals surface area contributed by atoms with Crippen LogP contribution >= 0.6 is 11.6 Å². The number of alkyl halides is 3. The number of anilines is 1. The van der Waals surface area contributed by atoms with E-state index in [1.807, 2.05) is 0 Å². The lowest BCUT2D eigenvalue weighted by molar-refractivity contribution is -0.137. The van der Waals surface area contributed by atoms with E-state index in [0.29, 0.717) is 0 Å². The Labute approximate surface area is 113 Å². The van der Waals surface area contributed by atoms with Crippen LogP contribution in [0.2, 0.25) is 5.02 Å². The second-order valence-electron chi connectivity index (χ2n) is 3.88. The summed E-state index contributed by atoms with van der Waals surface area (Å²) in [5.74, 6) is -1.05. The second-order valence-corrected chi connectivity index (χ2v) is 4.32. The zero-order valence-electron chi connectivity index (χ0n) is 10.2. The lowest BCUT2D eigenvalue weighted by Gasteiger charge is -2.26. The smallest absolute Gasteiger partial charge is 0.418 e. The van der Waals surface area contributed by atoms with E-state index in [1.54, 1.807) is 6.92 Å². The molecule has 0 aliphatic rings. The lowest BCUT2D eigenvalue weighted by atomic mass is 10.1. The van der Waals surface area contributed by atoms with Crippen LogP contribution in [-0.2, 0) is 11.0 Å². The molecule has 0 saturated heterocycles. The molecule has 0 heterocycles. The quantitative estimate of drug-likeness (QED) is 0.901. The molecule has 0 spiro atoms. The molecule has 0 unspecified atom stereocenters. The highest BCUT2D eigenvalue weighted by Crippen LogP contribution is 2.38. The average Bonchev–Trinajstić information content (AvgIpc) is 2.29. The second kappa shape index (κ2) is 6.14. The molecule has 0 aliphatic carbocycles. The van der Waals surface area contributed by atoms with E-state index in [0.717, 1.165) is 6.07 Å². The van der Waals surface area contributed by atoms with E-state index in [-0.39, 0.29) is 30.2 Å². The van der Waals surface area contributed by atoms with Crippen LogP contribution in [0.3, 0.4) is 0 Å². The molecule has 106 valence electrons. The van der Waals surface area contributed by atoms with E-state index in [1.165, 1.54) is 17.0 Å². The van der Waals surface area contributed by atoms with Crippen molar-refractivity contribution in [1.82, 2.24) is 0 Å². The molecule has 7 heteroatoms. The monoisotopic (exact) mass is 295 g/mol. The van der Waals surface area contributed by atoms with Crippen molar-refractivity contribution >= 4 is 23.3 Å². The van der Waals surface area contributed by atoms with E-state index in [4.69, 9.17) is 16.7 Å². The van der Waals surface area contributed by atoms with Crippen molar-refractivity contribution in [3.05, 3.63) is 28.8 Å². The molecule has 0 saturated carbocycles. The summed E-state index contributed by atoms with van der Waals surface area (Å²) in [6.45, 7) is 1.95. The summed E-state index contributed by atoms with van der Waals surface area (Å²) in [5.41, 5.74) is -0.909. The molecule has 1 aromatic carbocycles. The van der Waals surface area contributed by atoms with E-state index in [2.05, 4.69) is 0 Å². The summed E-state index contributed by atoms with van der Waals surface area (Å²) >= 11 is 5.59. The molecule has 0 aliphatic heterocycles. The summed E-state index contributed by atoms with van der Waals surface area (Å²) in [6, 6.07) is 3.46. The maximum atomic E-state index is 12.9. The molecular weight excluding hydrogens is 283 g/mol. The van der Waals surface area contributed by atoms with Crippen LogP contribution in [0.5, 0.6) is 0 Å². The lowest BCUT2D eigenvalue weighted by Crippen LogP contribution is -2.28. The number of carboxylic acid groups (broad SMARTS) is 1. The minimum atomic E-state index is -4.53. The summed E-state index contributed by atoms with van der Waals surface area (Å²) < 4.78 is 38.8. The molecule has 0 bridgehead atoms. The van der Waals surface area contributed by atoms with Gasteiger partial charge in [0.1, 0.15) is 0 Å². The number of halogens is 4. The van der Waals surface area contributed by atoms with Gasteiger partial charge in [0.05, 0.1) is 12.0 Å². The maximum absolute atomic E-state index is 12.9. The van der Waals surface area contributed by atoms with Gasteiger partial charge in [-0.05, 0) is 25.1 Å². The van der Waals surface area contributed by atoms with Gasteiger partial charge in [-0.1, -0.05) is 11.6 Å². The highest BCUT2D eigenvalue weighted by molar-refractivity contribution is 6.30. The fourth-order valence-electron chi connectivity index (χ4n) is 1.69. The van der Waals surface area contributed by atoms with Crippen molar-refractivity contribution in [1.29, 1.82) is 0 Å². The Morgan fingerprint density at radius 2 is 2.05 bits per heavy atom. The Morgan fingerprint density at radius 1 is 1.42 bits per heavy atom.